The van der Waals surface area contributed by atoms with Crippen LogP contribution in [0.15, 0.2) is 36.4 Å². The smallest absolute Gasteiger partial charge is 0.492 e. The van der Waals surface area contributed by atoms with Crippen molar-refractivity contribution in [2.24, 2.45) is 0 Å². The molecule has 2 aromatic carbocycles. The van der Waals surface area contributed by atoms with Gasteiger partial charge in [0.25, 0.3) is 0 Å². The van der Waals surface area contributed by atoms with Crippen molar-refractivity contribution in [2.75, 3.05) is 7.11 Å². The van der Waals surface area contributed by atoms with Gasteiger partial charge in [-0.25, -0.2) is 8.78 Å². The first-order valence-electron chi connectivity index (χ1n) is 6.52. The zero-order valence-electron chi connectivity index (χ0n) is 12.1. The molecule has 3 nitrogen and oxygen atoms in total. The van der Waals surface area contributed by atoms with Gasteiger partial charge in [0.2, 0.25) is 0 Å². The zero-order chi connectivity index (χ0) is 16.0. The Morgan fingerprint density at radius 2 is 1.48 bits per heavy atom. The minimum atomic E-state index is -1.67. The fourth-order valence-electron chi connectivity index (χ4n) is 1.82. The standard InChI is InChI=1S/C13H11BF2O3.C2H6/c1-19-13-6-8(2-3-12(13)14(17)18)9-4-10(15)7-11(16)5-9;1-2/h2-7,17-18H,1H3;1-2H3. The lowest BCUT2D eigenvalue weighted by atomic mass is 9.79. The summed E-state index contributed by atoms with van der Waals surface area (Å²) in [5.41, 5.74) is 1.04. The Hall–Kier alpha value is -1.92. The normalized spacial score (nSPS) is 9.67. The average molecular weight is 294 g/mol. The predicted octanol–water partition coefficient (Wildman–Crippen LogP) is 2.35. The van der Waals surface area contributed by atoms with Gasteiger partial charge in [0.15, 0.2) is 0 Å². The number of benzene rings is 2. The zero-order valence-corrected chi connectivity index (χ0v) is 12.1. The number of methoxy groups -OCH3 is 1. The van der Waals surface area contributed by atoms with Crippen LogP contribution >= 0.6 is 0 Å². The summed E-state index contributed by atoms with van der Waals surface area (Å²) in [5.74, 6) is -1.13. The van der Waals surface area contributed by atoms with E-state index < -0.39 is 18.8 Å². The molecule has 0 heterocycles. The first-order chi connectivity index (χ1) is 10.0. The van der Waals surface area contributed by atoms with Gasteiger partial charge in [-0.3, -0.25) is 0 Å². The van der Waals surface area contributed by atoms with Gasteiger partial charge < -0.3 is 14.8 Å². The maximum Gasteiger partial charge on any atom is 0.492 e. The molecular formula is C15H17BF2O3. The Kier molecular flexibility index (Phi) is 6.33. The second kappa shape index (κ2) is 7.76. The van der Waals surface area contributed by atoms with Gasteiger partial charge >= 0.3 is 7.12 Å². The average Bonchev–Trinajstić information content (AvgIpc) is 2.47. The molecule has 21 heavy (non-hydrogen) atoms. The highest BCUT2D eigenvalue weighted by atomic mass is 19.1. The number of ether oxygens (including phenoxy) is 1. The van der Waals surface area contributed by atoms with Crippen LogP contribution in [0.1, 0.15) is 13.8 Å². The fourth-order valence-corrected chi connectivity index (χ4v) is 1.82. The van der Waals surface area contributed by atoms with E-state index in [0.29, 0.717) is 11.1 Å². The van der Waals surface area contributed by atoms with Gasteiger partial charge in [-0.15, -0.1) is 0 Å². The molecule has 0 aliphatic rings. The number of rotatable bonds is 3. The molecule has 0 aliphatic carbocycles. The molecule has 6 heteroatoms. The summed E-state index contributed by atoms with van der Waals surface area (Å²) >= 11 is 0. The summed E-state index contributed by atoms with van der Waals surface area (Å²) < 4.78 is 31.3. The highest BCUT2D eigenvalue weighted by Gasteiger charge is 2.17. The van der Waals surface area contributed by atoms with Crippen LogP contribution in [-0.2, 0) is 0 Å². The minimum Gasteiger partial charge on any atom is -0.497 e. The van der Waals surface area contributed by atoms with Crippen LogP contribution in [0.2, 0.25) is 0 Å². The fraction of sp³-hybridized carbons (Fsp3) is 0.200. The number of hydrogen-bond acceptors (Lipinski definition) is 3. The van der Waals surface area contributed by atoms with E-state index in [2.05, 4.69) is 0 Å². The third kappa shape index (κ3) is 4.27. The maximum absolute atomic E-state index is 13.2. The van der Waals surface area contributed by atoms with Crippen LogP contribution < -0.4 is 10.2 Å². The Morgan fingerprint density at radius 3 is 1.95 bits per heavy atom. The highest BCUT2D eigenvalue weighted by molar-refractivity contribution is 6.59. The molecule has 0 saturated carbocycles. The quantitative estimate of drug-likeness (QED) is 0.854. The minimum absolute atomic E-state index is 0.183. The molecule has 0 bridgehead atoms. The van der Waals surface area contributed by atoms with Crippen LogP contribution in [0.3, 0.4) is 0 Å². The van der Waals surface area contributed by atoms with Gasteiger partial charge in [-0.2, -0.15) is 0 Å². The van der Waals surface area contributed by atoms with Crippen molar-refractivity contribution in [3.05, 3.63) is 48.0 Å². The highest BCUT2D eigenvalue weighted by Crippen LogP contribution is 2.24. The van der Waals surface area contributed by atoms with E-state index in [-0.39, 0.29) is 11.2 Å². The lowest BCUT2D eigenvalue weighted by Gasteiger charge is -2.10. The van der Waals surface area contributed by atoms with Crippen LogP contribution in [0, 0.1) is 11.6 Å². The van der Waals surface area contributed by atoms with Crippen LogP contribution in [0.4, 0.5) is 8.78 Å². The van der Waals surface area contributed by atoms with E-state index in [1.54, 1.807) is 0 Å². The van der Waals surface area contributed by atoms with Gasteiger partial charge in [0.05, 0.1) is 7.11 Å². The summed E-state index contributed by atoms with van der Waals surface area (Å²) in [4.78, 5) is 0. The molecular weight excluding hydrogens is 277 g/mol. The second-order valence-corrected chi connectivity index (χ2v) is 3.99. The number of halogens is 2. The molecule has 0 spiro atoms. The molecule has 2 N–H and O–H groups in total. The van der Waals surface area contributed by atoms with E-state index in [9.17, 15) is 8.78 Å². The van der Waals surface area contributed by atoms with Crippen molar-refractivity contribution in [2.45, 2.75) is 13.8 Å². The molecule has 0 fully saturated rings. The third-order valence-corrected chi connectivity index (χ3v) is 2.71. The third-order valence-electron chi connectivity index (χ3n) is 2.71. The molecule has 2 aromatic rings. The Labute approximate surface area is 123 Å². The second-order valence-electron chi connectivity index (χ2n) is 3.99. The van der Waals surface area contributed by atoms with Crippen molar-refractivity contribution in [3.63, 3.8) is 0 Å². The summed E-state index contributed by atoms with van der Waals surface area (Å²) in [6.07, 6.45) is 0. The lowest BCUT2D eigenvalue weighted by Crippen LogP contribution is -2.31. The molecule has 0 saturated heterocycles. The maximum atomic E-state index is 13.2. The first-order valence-corrected chi connectivity index (χ1v) is 6.52. The molecule has 0 aliphatic heterocycles. The van der Waals surface area contributed by atoms with Crippen molar-refractivity contribution < 1.29 is 23.6 Å². The molecule has 2 rings (SSSR count). The molecule has 0 aromatic heterocycles. The summed E-state index contributed by atoms with van der Waals surface area (Å²) in [6.45, 7) is 4.00. The molecule has 0 radical (unpaired) electrons. The van der Waals surface area contributed by atoms with Crippen LogP contribution in [0.25, 0.3) is 11.1 Å². The SMILES string of the molecule is CC.COc1cc(-c2cc(F)cc(F)c2)ccc1B(O)O. The van der Waals surface area contributed by atoms with Crippen molar-refractivity contribution >= 4 is 12.6 Å². The monoisotopic (exact) mass is 294 g/mol. The Bertz CT molecular complexity index is 583. The Morgan fingerprint density at radius 1 is 0.905 bits per heavy atom. The van der Waals surface area contributed by atoms with Gasteiger partial charge in [0.1, 0.15) is 17.4 Å². The predicted molar refractivity (Wildman–Crippen MR) is 79.5 cm³/mol. The van der Waals surface area contributed by atoms with Crippen molar-refractivity contribution in [1.82, 2.24) is 0 Å². The lowest BCUT2D eigenvalue weighted by molar-refractivity contribution is 0.403. The van der Waals surface area contributed by atoms with Crippen LogP contribution in [-0.4, -0.2) is 24.3 Å². The largest absolute Gasteiger partial charge is 0.497 e. The van der Waals surface area contributed by atoms with E-state index in [1.165, 1.54) is 37.4 Å². The topological polar surface area (TPSA) is 49.7 Å². The number of hydrogen-bond donors (Lipinski definition) is 2. The van der Waals surface area contributed by atoms with E-state index >= 15 is 0 Å². The first kappa shape index (κ1) is 17.1. The van der Waals surface area contributed by atoms with E-state index in [1.807, 2.05) is 13.8 Å². The molecule has 0 unspecified atom stereocenters. The van der Waals surface area contributed by atoms with Crippen LogP contribution in [0.5, 0.6) is 5.75 Å². The summed E-state index contributed by atoms with van der Waals surface area (Å²) in [5, 5.41) is 18.3. The molecule has 112 valence electrons. The Balaban J connectivity index is 0.00000106. The van der Waals surface area contributed by atoms with Gasteiger partial charge in [-0.05, 0) is 29.3 Å². The van der Waals surface area contributed by atoms with E-state index in [0.717, 1.165) is 6.07 Å². The summed E-state index contributed by atoms with van der Waals surface area (Å²) in [6, 6.07) is 7.61. The summed E-state index contributed by atoms with van der Waals surface area (Å²) in [7, 11) is -0.301. The molecule has 0 amide bonds. The van der Waals surface area contributed by atoms with Crippen molar-refractivity contribution in [1.29, 1.82) is 0 Å². The van der Waals surface area contributed by atoms with Crippen molar-refractivity contribution in [3.8, 4) is 16.9 Å². The van der Waals surface area contributed by atoms with Gasteiger partial charge in [0, 0.05) is 11.5 Å². The molecule has 0 atom stereocenters. The van der Waals surface area contributed by atoms with E-state index in [4.69, 9.17) is 14.8 Å². The van der Waals surface area contributed by atoms with Gasteiger partial charge in [-0.1, -0.05) is 26.0 Å².